The molecule has 0 atom stereocenters. The number of hydrogen-bond donors (Lipinski definition) is 2. The molecule has 2 aromatic heterocycles. The minimum Gasteiger partial charge on any atom is -0.384 e. The van der Waals surface area contributed by atoms with Gasteiger partial charge in [0.2, 0.25) is 5.91 Å². The van der Waals surface area contributed by atoms with Crippen LogP contribution in [0.2, 0.25) is 0 Å². The number of hydrogen-bond acceptors (Lipinski definition) is 5. The summed E-state index contributed by atoms with van der Waals surface area (Å²) in [5, 5.41) is 0. The van der Waals surface area contributed by atoms with E-state index in [0.717, 1.165) is 79.6 Å². The number of nitrogens with two attached hydrogens (primary N) is 2. The molecule has 7 heteroatoms. The highest BCUT2D eigenvalue weighted by atomic mass is 16.5. The summed E-state index contributed by atoms with van der Waals surface area (Å²) < 4.78 is 7.64. The van der Waals surface area contributed by atoms with Crippen molar-refractivity contribution in [3.05, 3.63) is 52.5 Å². The Morgan fingerprint density at radius 2 is 1.94 bits per heavy atom. The van der Waals surface area contributed by atoms with Gasteiger partial charge in [-0.2, -0.15) is 0 Å². The number of imidazole rings is 1. The molecule has 0 unspecified atom stereocenters. The minimum atomic E-state index is -0.368. The van der Waals surface area contributed by atoms with E-state index in [4.69, 9.17) is 21.2 Å². The number of carbonyl (C=O) groups is 1. The van der Waals surface area contributed by atoms with Crippen molar-refractivity contribution in [1.29, 1.82) is 0 Å². The second-order valence-electron chi connectivity index (χ2n) is 8.23. The quantitative estimate of drug-likeness (QED) is 0.516. The number of primary amides is 1. The van der Waals surface area contributed by atoms with Crippen molar-refractivity contribution in [3.8, 4) is 0 Å². The molecular weight excluding hydrogens is 390 g/mol. The smallest absolute Gasteiger partial charge is 0.248 e. The van der Waals surface area contributed by atoms with Crippen LogP contribution in [0.25, 0.3) is 11.0 Å². The normalized spacial score (nSPS) is 13.5. The molecule has 2 heterocycles. The first-order valence-electron chi connectivity index (χ1n) is 11.1. The van der Waals surface area contributed by atoms with Gasteiger partial charge < -0.3 is 20.8 Å². The SMILES string of the molecule is COCCc1nc2c(N)nc3c(c2n1CCCCc1ccccc1C(N)=O)CCCC3. The minimum absolute atomic E-state index is 0.368. The number of methoxy groups -OCH3 is 1. The molecule has 0 bridgehead atoms. The summed E-state index contributed by atoms with van der Waals surface area (Å²) in [5.41, 5.74) is 17.9. The average Bonchev–Trinajstić information content (AvgIpc) is 3.15. The number of rotatable bonds is 9. The fraction of sp³-hybridized carbons (Fsp3) is 0.458. The molecule has 0 saturated heterocycles. The van der Waals surface area contributed by atoms with Crippen LogP contribution >= 0.6 is 0 Å². The fourth-order valence-corrected chi connectivity index (χ4v) is 4.64. The highest BCUT2D eigenvalue weighted by Crippen LogP contribution is 2.32. The molecule has 0 fully saturated rings. The summed E-state index contributed by atoms with van der Waals surface area (Å²) in [5.74, 6) is 1.16. The van der Waals surface area contributed by atoms with E-state index < -0.39 is 0 Å². The average molecular weight is 422 g/mol. The lowest BCUT2D eigenvalue weighted by molar-refractivity contribution is 0.0999. The van der Waals surface area contributed by atoms with E-state index in [2.05, 4.69) is 9.55 Å². The molecule has 164 valence electrons. The maximum atomic E-state index is 11.7. The molecule has 0 saturated carbocycles. The number of ether oxygens (including phenoxy) is 1. The molecule has 1 aliphatic carbocycles. The van der Waals surface area contributed by atoms with Crippen LogP contribution in [0, 0.1) is 0 Å². The number of nitrogens with zero attached hydrogens (tertiary/aromatic N) is 3. The predicted octanol–water partition coefficient (Wildman–Crippen LogP) is 3.20. The molecule has 3 aromatic rings. The third-order valence-electron chi connectivity index (χ3n) is 6.16. The first-order chi connectivity index (χ1) is 15.1. The van der Waals surface area contributed by atoms with Crippen LogP contribution in [0.4, 0.5) is 5.82 Å². The second-order valence-corrected chi connectivity index (χ2v) is 8.23. The Balaban J connectivity index is 1.58. The van der Waals surface area contributed by atoms with Crippen LogP contribution in [0.5, 0.6) is 0 Å². The maximum absolute atomic E-state index is 11.7. The van der Waals surface area contributed by atoms with Gasteiger partial charge in [-0.1, -0.05) is 18.2 Å². The monoisotopic (exact) mass is 421 g/mol. The van der Waals surface area contributed by atoms with Crippen LogP contribution in [0.15, 0.2) is 24.3 Å². The maximum Gasteiger partial charge on any atom is 0.248 e. The molecule has 1 aromatic carbocycles. The summed E-state index contributed by atoms with van der Waals surface area (Å²) in [6.45, 7) is 1.47. The van der Waals surface area contributed by atoms with Crippen LogP contribution in [0.1, 0.15) is 58.7 Å². The Morgan fingerprint density at radius 3 is 2.74 bits per heavy atom. The number of anilines is 1. The van der Waals surface area contributed by atoms with Gasteiger partial charge in [-0.25, -0.2) is 9.97 Å². The lowest BCUT2D eigenvalue weighted by Crippen LogP contribution is -2.14. The van der Waals surface area contributed by atoms with Crippen molar-refractivity contribution in [2.75, 3.05) is 19.5 Å². The molecule has 1 aliphatic rings. The Hall–Kier alpha value is -2.93. The molecule has 0 spiro atoms. The van der Waals surface area contributed by atoms with E-state index in [-0.39, 0.29) is 5.91 Å². The number of amides is 1. The van der Waals surface area contributed by atoms with Crippen LogP contribution in [-0.2, 0) is 37.0 Å². The lowest BCUT2D eigenvalue weighted by Gasteiger charge is -2.18. The highest BCUT2D eigenvalue weighted by molar-refractivity contribution is 5.94. The van der Waals surface area contributed by atoms with Crippen molar-refractivity contribution in [1.82, 2.24) is 14.5 Å². The highest BCUT2D eigenvalue weighted by Gasteiger charge is 2.22. The van der Waals surface area contributed by atoms with Crippen molar-refractivity contribution in [3.63, 3.8) is 0 Å². The van der Waals surface area contributed by atoms with Gasteiger partial charge in [0.25, 0.3) is 0 Å². The third-order valence-corrected chi connectivity index (χ3v) is 6.16. The Labute approximate surface area is 182 Å². The van der Waals surface area contributed by atoms with Gasteiger partial charge in [0, 0.05) is 31.3 Å². The first kappa shape index (κ1) is 21.3. The molecule has 31 heavy (non-hydrogen) atoms. The zero-order valence-electron chi connectivity index (χ0n) is 18.2. The van der Waals surface area contributed by atoms with Crippen molar-refractivity contribution >= 4 is 22.8 Å². The van der Waals surface area contributed by atoms with Crippen LogP contribution < -0.4 is 11.5 Å². The van der Waals surface area contributed by atoms with E-state index in [0.29, 0.717) is 18.0 Å². The van der Waals surface area contributed by atoms with E-state index in [1.807, 2.05) is 18.2 Å². The van der Waals surface area contributed by atoms with Crippen LogP contribution in [-0.4, -0.2) is 34.2 Å². The number of aryl methyl sites for hydroxylation is 4. The Kier molecular flexibility index (Phi) is 6.51. The molecule has 7 nitrogen and oxygen atoms in total. The fourth-order valence-electron chi connectivity index (χ4n) is 4.64. The van der Waals surface area contributed by atoms with Gasteiger partial charge in [0.15, 0.2) is 5.82 Å². The van der Waals surface area contributed by atoms with E-state index >= 15 is 0 Å². The summed E-state index contributed by atoms with van der Waals surface area (Å²) in [6, 6.07) is 7.59. The van der Waals surface area contributed by atoms with E-state index in [1.165, 1.54) is 12.0 Å². The summed E-state index contributed by atoms with van der Waals surface area (Å²) in [4.78, 5) is 21.2. The standard InChI is InChI=1S/C24H31N5O2/c1-31-15-13-20-28-21-22(18-11-4-5-12-19(18)27-23(21)25)29(20)14-7-6-9-16-8-2-3-10-17(16)24(26)30/h2-3,8,10H,4-7,9,11-15H2,1H3,(H2,25,27)(H2,26,30). The molecule has 4 rings (SSSR count). The number of aromatic nitrogens is 3. The number of fused-ring (bicyclic) bond motifs is 3. The molecule has 1 amide bonds. The van der Waals surface area contributed by atoms with Crippen molar-refractivity contribution < 1.29 is 9.53 Å². The summed E-state index contributed by atoms with van der Waals surface area (Å²) in [6.07, 6.45) is 7.83. The molecular formula is C24H31N5O2. The Bertz CT molecular complexity index is 1090. The van der Waals surface area contributed by atoms with Gasteiger partial charge in [-0.3, -0.25) is 4.79 Å². The number of carbonyl (C=O) groups excluding carboxylic acids is 1. The largest absolute Gasteiger partial charge is 0.384 e. The van der Waals surface area contributed by atoms with Gasteiger partial charge in [0.1, 0.15) is 11.3 Å². The van der Waals surface area contributed by atoms with Gasteiger partial charge in [-0.05, 0) is 62.1 Å². The number of nitrogen functional groups attached to an aromatic ring is 1. The van der Waals surface area contributed by atoms with Crippen molar-refractivity contribution in [2.24, 2.45) is 5.73 Å². The first-order valence-corrected chi connectivity index (χ1v) is 11.1. The number of pyridine rings is 1. The summed E-state index contributed by atoms with van der Waals surface area (Å²) >= 11 is 0. The van der Waals surface area contributed by atoms with Gasteiger partial charge >= 0.3 is 0 Å². The predicted molar refractivity (Wildman–Crippen MR) is 122 cm³/mol. The number of benzene rings is 1. The summed E-state index contributed by atoms with van der Waals surface area (Å²) in [7, 11) is 1.71. The van der Waals surface area contributed by atoms with Gasteiger partial charge in [0.05, 0.1) is 12.1 Å². The zero-order valence-corrected chi connectivity index (χ0v) is 18.2. The van der Waals surface area contributed by atoms with E-state index in [1.54, 1.807) is 13.2 Å². The third kappa shape index (κ3) is 4.42. The van der Waals surface area contributed by atoms with E-state index in [9.17, 15) is 4.79 Å². The Morgan fingerprint density at radius 1 is 1.13 bits per heavy atom. The zero-order chi connectivity index (χ0) is 21.8. The molecule has 0 radical (unpaired) electrons. The topological polar surface area (TPSA) is 109 Å². The molecule has 4 N–H and O–H groups in total. The lowest BCUT2D eigenvalue weighted by atomic mass is 9.95. The van der Waals surface area contributed by atoms with Gasteiger partial charge in [-0.15, -0.1) is 0 Å². The molecule has 0 aliphatic heterocycles. The van der Waals surface area contributed by atoms with Crippen LogP contribution in [0.3, 0.4) is 0 Å². The number of unbranched alkanes of at least 4 members (excludes halogenated alkanes) is 1. The second kappa shape index (κ2) is 9.47. The van der Waals surface area contributed by atoms with Crippen molar-refractivity contribution in [2.45, 2.75) is 57.9 Å².